The van der Waals surface area contributed by atoms with Crippen LogP contribution in [0, 0.1) is 13.8 Å². The summed E-state index contributed by atoms with van der Waals surface area (Å²) in [6, 6.07) is 15.1. The molecule has 1 aromatic heterocycles. The molecule has 2 amide bonds. The quantitative estimate of drug-likeness (QED) is 0.304. The number of amides is 2. The van der Waals surface area contributed by atoms with Gasteiger partial charge in [0.1, 0.15) is 12.4 Å². The highest BCUT2D eigenvalue weighted by atomic mass is 35.5. The zero-order chi connectivity index (χ0) is 25.1. The molecular formula is C26H24Cl2N2O4S. The maximum atomic E-state index is 12.7. The highest BCUT2D eigenvalue weighted by molar-refractivity contribution is 8.18. The first-order valence-electron chi connectivity index (χ1n) is 10.9. The van der Waals surface area contributed by atoms with E-state index in [1.807, 2.05) is 50.2 Å². The Morgan fingerprint density at radius 2 is 1.77 bits per heavy atom. The van der Waals surface area contributed by atoms with Crippen LogP contribution in [0.3, 0.4) is 0 Å². The molecule has 0 unspecified atom stereocenters. The van der Waals surface area contributed by atoms with Crippen LogP contribution in [0.25, 0.3) is 11.8 Å². The molecule has 6 nitrogen and oxygen atoms in total. The van der Waals surface area contributed by atoms with Crippen molar-refractivity contribution in [2.75, 3.05) is 20.3 Å². The Morgan fingerprint density at radius 3 is 2.46 bits per heavy atom. The second-order valence-corrected chi connectivity index (χ2v) is 9.84. The Balaban J connectivity index is 1.50. The van der Waals surface area contributed by atoms with Crippen LogP contribution in [-0.4, -0.2) is 40.9 Å². The molecule has 0 radical (unpaired) electrons. The minimum atomic E-state index is -0.288. The van der Waals surface area contributed by atoms with Crippen molar-refractivity contribution in [1.29, 1.82) is 0 Å². The summed E-state index contributed by atoms with van der Waals surface area (Å²) in [6.07, 6.45) is 1.78. The fourth-order valence-electron chi connectivity index (χ4n) is 3.84. The average molecular weight is 531 g/mol. The molecule has 1 saturated heterocycles. The first kappa shape index (κ1) is 25.4. The number of aromatic nitrogens is 1. The van der Waals surface area contributed by atoms with E-state index >= 15 is 0 Å². The van der Waals surface area contributed by atoms with Crippen LogP contribution in [0.5, 0.6) is 5.75 Å². The fourth-order valence-corrected chi connectivity index (χ4v) is 5.16. The van der Waals surface area contributed by atoms with Gasteiger partial charge in [0, 0.05) is 39.8 Å². The molecule has 0 bridgehead atoms. The molecule has 0 spiro atoms. The number of methoxy groups -OCH3 is 1. The minimum Gasteiger partial charge on any atom is -0.489 e. The predicted molar refractivity (Wildman–Crippen MR) is 141 cm³/mol. The molecule has 1 fully saturated rings. The smallest absolute Gasteiger partial charge is 0.293 e. The summed E-state index contributed by atoms with van der Waals surface area (Å²) in [5, 5.41) is 0.876. The van der Waals surface area contributed by atoms with Gasteiger partial charge in [-0.2, -0.15) is 0 Å². The lowest BCUT2D eigenvalue weighted by Crippen LogP contribution is -2.31. The van der Waals surface area contributed by atoms with Crippen LogP contribution in [0.4, 0.5) is 4.79 Å². The molecular weight excluding hydrogens is 507 g/mol. The van der Waals surface area contributed by atoms with Crippen molar-refractivity contribution in [3.63, 3.8) is 0 Å². The van der Waals surface area contributed by atoms with E-state index in [0.29, 0.717) is 33.9 Å². The summed E-state index contributed by atoms with van der Waals surface area (Å²) in [5.74, 6) is 0.427. The highest BCUT2D eigenvalue weighted by Crippen LogP contribution is 2.34. The number of nitrogens with zero attached hydrogens (tertiary/aromatic N) is 2. The second kappa shape index (κ2) is 10.9. The van der Waals surface area contributed by atoms with Gasteiger partial charge in [0.2, 0.25) is 0 Å². The van der Waals surface area contributed by atoms with Crippen molar-refractivity contribution in [2.45, 2.75) is 20.5 Å². The lowest BCUT2D eigenvalue weighted by Gasteiger charge is -2.12. The Morgan fingerprint density at radius 1 is 1.03 bits per heavy atom. The summed E-state index contributed by atoms with van der Waals surface area (Å²) in [6.45, 7) is 4.88. The van der Waals surface area contributed by atoms with Gasteiger partial charge < -0.3 is 14.0 Å². The van der Waals surface area contributed by atoms with Crippen LogP contribution in [-0.2, 0) is 16.1 Å². The number of rotatable bonds is 8. The number of aryl methyl sites for hydroxylation is 1. The van der Waals surface area contributed by atoms with E-state index in [1.54, 1.807) is 18.2 Å². The van der Waals surface area contributed by atoms with Gasteiger partial charge in [-0.3, -0.25) is 14.5 Å². The van der Waals surface area contributed by atoms with Crippen LogP contribution in [0.15, 0.2) is 53.4 Å². The Labute approximate surface area is 218 Å². The molecule has 182 valence electrons. The molecule has 2 aromatic carbocycles. The number of hydrogen-bond acceptors (Lipinski definition) is 5. The van der Waals surface area contributed by atoms with Gasteiger partial charge >= 0.3 is 0 Å². The number of carbonyl (C=O) groups is 2. The molecule has 3 aromatic rings. The number of carbonyl (C=O) groups excluding carboxylic acids is 2. The standard InChI is InChI=1S/C26H24Cl2N2O4S/c1-16-12-19(13-24-25(31)29(10-11-33-3)26(32)35-24)17(2)30(16)21-6-8-22(9-7-21)34-15-18-4-5-20(27)14-23(18)28/h4-9,12-14H,10-11,15H2,1-3H3/b24-13+. The zero-order valence-corrected chi connectivity index (χ0v) is 21.8. The van der Waals surface area contributed by atoms with Gasteiger partial charge in [-0.15, -0.1) is 0 Å². The lowest BCUT2D eigenvalue weighted by atomic mass is 10.2. The van der Waals surface area contributed by atoms with Crippen molar-refractivity contribution in [3.05, 3.63) is 86.0 Å². The van der Waals surface area contributed by atoms with Crippen LogP contribution in [0.1, 0.15) is 22.5 Å². The maximum absolute atomic E-state index is 12.7. The van der Waals surface area contributed by atoms with E-state index in [2.05, 4.69) is 4.57 Å². The molecule has 2 heterocycles. The summed E-state index contributed by atoms with van der Waals surface area (Å²) in [7, 11) is 1.54. The Bertz CT molecular complexity index is 1300. The Hall–Kier alpha value is -2.71. The highest BCUT2D eigenvalue weighted by Gasteiger charge is 2.34. The maximum Gasteiger partial charge on any atom is 0.293 e. The minimum absolute atomic E-state index is 0.246. The van der Waals surface area contributed by atoms with Crippen LogP contribution in [0.2, 0.25) is 10.0 Å². The van der Waals surface area contributed by atoms with Crippen molar-refractivity contribution < 1.29 is 19.1 Å². The first-order valence-corrected chi connectivity index (χ1v) is 12.5. The number of halogens is 2. The molecule has 1 aliphatic heterocycles. The Kier molecular flexibility index (Phi) is 7.91. The summed E-state index contributed by atoms with van der Waals surface area (Å²) < 4.78 is 13.0. The normalized spacial score (nSPS) is 14.9. The van der Waals surface area contributed by atoms with Crippen LogP contribution >= 0.6 is 35.0 Å². The number of thioether (sulfide) groups is 1. The third kappa shape index (κ3) is 5.59. The van der Waals surface area contributed by atoms with Crippen LogP contribution < -0.4 is 4.74 Å². The molecule has 0 N–H and O–H groups in total. The van der Waals surface area contributed by atoms with E-state index in [0.717, 1.165) is 40.0 Å². The number of imide groups is 1. The van der Waals surface area contributed by atoms with Crippen molar-refractivity contribution in [1.82, 2.24) is 9.47 Å². The lowest BCUT2D eigenvalue weighted by molar-refractivity contribution is -0.123. The number of benzene rings is 2. The van der Waals surface area contributed by atoms with E-state index in [1.165, 1.54) is 12.0 Å². The average Bonchev–Trinajstić information content (AvgIpc) is 3.25. The summed E-state index contributed by atoms with van der Waals surface area (Å²) >= 11 is 13.1. The molecule has 0 saturated carbocycles. The van der Waals surface area contributed by atoms with Gasteiger partial charge in [0.15, 0.2) is 0 Å². The van der Waals surface area contributed by atoms with E-state index in [4.69, 9.17) is 32.7 Å². The van der Waals surface area contributed by atoms with Gasteiger partial charge in [0.25, 0.3) is 11.1 Å². The molecule has 0 aliphatic carbocycles. The largest absolute Gasteiger partial charge is 0.489 e. The summed E-state index contributed by atoms with van der Waals surface area (Å²) in [5.41, 5.74) is 4.68. The topological polar surface area (TPSA) is 60.8 Å². The molecule has 1 aliphatic rings. The van der Waals surface area contributed by atoms with Crippen molar-refractivity contribution >= 4 is 52.2 Å². The fraction of sp³-hybridized carbons (Fsp3) is 0.231. The SMILES string of the molecule is COCCN1C(=O)S/C(=C/c2cc(C)n(-c3ccc(OCc4ccc(Cl)cc4Cl)cc3)c2C)C1=O. The summed E-state index contributed by atoms with van der Waals surface area (Å²) in [4.78, 5) is 26.5. The van der Waals surface area contributed by atoms with Crippen molar-refractivity contribution in [3.8, 4) is 11.4 Å². The molecule has 35 heavy (non-hydrogen) atoms. The van der Waals surface area contributed by atoms with E-state index in [9.17, 15) is 9.59 Å². The monoisotopic (exact) mass is 530 g/mol. The third-order valence-corrected chi connectivity index (χ3v) is 7.15. The van der Waals surface area contributed by atoms with E-state index in [-0.39, 0.29) is 17.7 Å². The molecule has 9 heteroatoms. The first-order chi connectivity index (χ1) is 16.8. The second-order valence-electron chi connectivity index (χ2n) is 8.01. The molecule has 4 rings (SSSR count). The van der Waals surface area contributed by atoms with Gasteiger partial charge in [0.05, 0.1) is 18.1 Å². The van der Waals surface area contributed by atoms with Gasteiger partial charge in [-0.1, -0.05) is 29.3 Å². The predicted octanol–water partition coefficient (Wildman–Crippen LogP) is 6.66. The van der Waals surface area contributed by atoms with Crippen molar-refractivity contribution in [2.24, 2.45) is 0 Å². The third-order valence-electron chi connectivity index (χ3n) is 5.65. The zero-order valence-electron chi connectivity index (χ0n) is 19.5. The number of hydrogen-bond donors (Lipinski definition) is 0. The van der Waals surface area contributed by atoms with E-state index < -0.39 is 0 Å². The van der Waals surface area contributed by atoms with Gasteiger partial charge in [-0.05, 0) is 79.7 Å². The number of ether oxygens (including phenoxy) is 2. The molecule has 0 atom stereocenters. The van der Waals surface area contributed by atoms with Gasteiger partial charge in [-0.25, -0.2) is 0 Å².